The molecule has 1 aromatic carbocycles. The average Bonchev–Trinajstić information content (AvgIpc) is 2.48. The third-order valence-corrected chi connectivity index (χ3v) is 2.35. The van der Waals surface area contributed by atoms with Crippen molar-refractivity contribution in [3.05, 3.63) is 46.0 Å². The Labute approximate surface area is 127 Å². The first-order valence-corrected chi connectivity index (χ1v) is 6.10. The van der Waals surface area contributed by atoms with Crippen molar-refractivity contribution in [3.63, 3.8) is 0 Å². The number of alkyl halides is 3. The van der Waals surface area contributed by atoms with Crippen LogP contribution in [0.3, 0.4) is 0 Å². The number of ether oxygens (including phenoxy) is 1. The summed E-state index contributed by atoms with van der Waals surface area (Å²) in [6, 6.07) is 5.24. The number of amides is 1. The van der Waals surface area contributed by atoms with Crippen molar-refractivity contribution in [2.75, 3.05) is 13.2 Å². The maximum Gasteiger partial charge on any atom is 0.405 e. The fourth-order valence-corrected chi connectivity index (χ4v) is 1.31. The number of esters is 1. The normalized spacial score (nSPS) is 11.3. The lowest BCUT2D eigenvalue weighted by Gasteiger charge is -2.07. The van der Waals surface area contributed by atoms with Crippen molar-refractivity contribution < 1.29 is 32.4 Å². The standard InChI is InChI=1S/C13H11F3N2O5/c14-13(15,16)8-17-11(19)7-23-12(20)6-3-9-1-4-10(5-2-9)18(21)22/h1-6H,7-8H2,(H,17,19)/b6-3+. The molecule has 10 heteroatoms. The zero-order valence-corrected chi connectivity index (χ0v) is 11.5. The molecule has 0 radical (unpaired) electrons. The Kier molecular flexibility index (Phi) is 6.24. The Bertz CT molecular complexity index is 611. The van der Waals surface area contributed by atoms with Crippen molar-refractivity contribution >= 4 is 23.6 Å². The first-order valence-electron chi connectivity index (χ1n) is 6.10. The van der Waals surface area contributed by atoms with Crippen molar-refractivity contribution in [2.24, 2.45) is 0 Å². The molecule has 1 aromatic rings. The van der Waals surface area contributed by atoms with Crippen LogP contribution < -0.4 is 5.32 Å². The van der Waals surface area contributed by atoms with Crippen LogP contribution in [-0.2, 0) is 14.3 Å². The van der Waals surface area contributed by atoms with Gasteiger partial charge in [0, 0.05) is 18.2 Å². The highest BCUT2D eigenvalue weighted by Gasteiger charge is 2.27. The maximum absolute atomic E-state index is 11.8. The number of nitrogens with one attached hydrogen (secondary N) is 1. The van der Waals surface area contributed by atoms with Gasteiger partial charge in [-0.3, -0.25) is 14.9 Å². The van der Waals surface area contributed by atoms with E-state index < -0.39 is 36.1 Å². The molecule has 0 saturated carbocycles. The first kappa shape index (κ1) is 18.1. The zero-order valence-electron chi connectivity index (χ0n) is 11.5. The summed E-state index contributed by atoms with van der Waals surface area (Å²) in [7, 11) is 0. The largest absolute Gasteiger partial charge is 0.452 e. The summed E-state index contributed by atoms with van der Waals surface area (Å²) in [5.74, 6) is -2.02. The quantitative estimate of drug-likeness (QED) is 0.371. The van der Waals surface area contributed by atoms with Crippen molar-refractivity contribution in [3.8, 4) is 0 Å². The summed E-state index contributed by atoms with van der Waals surface area (Å²) in [5, 5.41) is 12.0. The lowest BCUT2D eigenvalue weighted by Crippen LogP contribution is -2.36. The number of hydrogen-bond donors (Lipinski definition) is 1. The molecule has 0 spiro atoms. The molecular weight excluding hydrogens is 321 g/mol. The van der Waals surface area contributed by atoms with Crippen LogP contribution in [0.2, 0.25) is 0 Å². The van der Waals surface area contributed by atoms with Gasteiger partial charge < -0.3 is 10.1 Å². The van der Waals surface area contributed by atoms with Crippen LogP contribution in [0.15, 0.2) is 30.3 Å². The molecule has 1 rings (SSSR count). The fourth-order valence-electron chi connectivity index (χ4n) is 1.31. The van der Waals surface area contributed by atoms with Gasteiger partial charge in [0.2, 0.25) is 0 Å². The van der Waals surface area contributed by atoms with Crippen LogP contribution in [0.5, 0.6) is 0 Å². The third-order valence-electron chi connectivity index (χ3n) is 2.35. The van der Waals surface area contributed by atoms with Crippen LogP contribution in [0.4, 0.5) is 18.9 Å². The molecule has 0 fully saturated rings. The number of hydrogen-bond acceptors (Lipinski definition) is 5. The second kappa shape index (κ2) is 7.92. The SMILES string of the molecule is O=C(COC(=O)/C=C/c1ccc([N+](=O)[O-])cc1)NCC(F)(F)F. The molecule has 0 unspecified atom stereocenters. The van der Waals surface area contributed by atoms with Gasteiger partial charge in [-0.25, -0.2) is 4.79 Å². The molecule has 0 aliphatic heterocycles. The van der Waals surface area contributed by atoms with Gasteiger partial charge in [0.1, 0.15) is 6.54 Å². The molecule has 0 saturated heterocycles. The minimum Gasteiger partial charge on any atom is -0.452 e. The number of nitro benzene ring substituents is 1. The van der Waals surface area contributed by atoms with E-state index in [0.29, 0.717) is 5.56 Å². The zero-order chi connectivity index (χ0) is 17.5. The molecule has 124 valence electrons. The number of non-ortho nitro benzene ring substituents is 1. The van der Waals surface area contributed by atoms with Gasteiger partial charge in [0.15, 0.2) is 6.61 Å². The third kappa shape index (κ3) is 7.60. The second-order valence-electron chi connectivity index (χ2n) is 4.18. The molecule has 7 nitrogen and oxygen atoms in total. The number of halogens is 3. The van der Waals surface area contributed by atoms with E-state index in [1.165, 1.54) is 35.7 Å². The summed E-state index contributed by atoms with van der Waals surface area (Å²) in [6.45, 7) is -2.36. The number of carbonyl (C=O) groups is 2. The van der Waals surface area contributed by atoms with Crippen LogP contribution >= 0.6 is 0 Å². The van der Waals surface area contributed by atoms with Crippen LogP contribution in [0.25, 0.3) is 6.08 Å². The van der Waals surface area contributed by atoms with Crippen molar-refractivity contribution in [1.29, 1.82) is 0 Å². The van der Waals surface area contributed by atoms with Gasteiger partial charge in [-0.2, -0.15) is 13.2 Å². The topological polar surface area (TPSA) is 98.5 Å². The maximum atomic E-state index is 11.8. The smallest absolute Gasteiger partial charge is 0.405 e. The second-order valence-corrected chi connectivity index (χ2v) is 4.18. The summed E-state index contributed by atoms with van der Waals surface area (Å²) in [4.78, 5) is 32.1. The molecule has 1 N–H and O–H groups in total. The van der Waals surface area contributed by atoms with Crippen LogP contribution in [0, 0.1) is 10.1 Å². The van der Waals surface area contributed by atoms with Crippen LogP contribution in [-0.4, -0.2) is 36.1 Å². The first-order chi connectivity index (χ1) is 10.7. The molecule has 0 aliphatic carbocycles. The summed E-state index contributed by atoms with van der Waals surface area (Å²) >= 11 is 0. The van der Waals surface area contributed by atoms with Gasteiger partial charge in [-0.1, -0.05) is 0 Å². The monoisotopic (exact) mass is 332 g/mol. The molecule has 0 aliphatic rings. The number of rotatable bonds is 6. The van der Waals surface area contributed by atoms with Crippen molar-refractivity contribution in [2.45, 2.75) is 6.18 Å². The van der Waals surface area contributed by atoms with Gasteiger partial charge in [0.05, 0.1) is 4.92 Å². The highest BCUT2D eigenvalue weighted by atomic mass is 19.4. The van der Waals surface area contributed by atoms with E-state index in [2.05, 4.69) is 4.74 Å². The van der Waals surface area contributed by atoms with E-state index in [9.17, 15) is 32.9 Å². The van der Waals surface area contributed by atoms with Gasteiger partial charge in [-0.05, 0) is 23.8 Å². The Morgan fingerprint density at radius 1 is 1.26 bits per heavy atom. The number of benzene rings is 1. The molecule has 0 aromatic heterocycles. The van der Waals surface area contributed by atoms with E-state index in [1.54, 1.807) is 0 Å². The Morgan fingerprint density at radius 2 is 1.87 bits per heavy atom. The Balaban J connectivity index is 2.41. The summed E-state index contributed by atoms with van der Waals surface area (Å²) in [6.07, 6.45) is -2.33. The van der Waals surface area contributed by atoms with E-state index in [4.69, 9.17) is 0 Å². The molecule has 1 amide bonds. The minimum atomic E-state index is -4.55. The molecule has 0 heterocycles. The lowest BCUT2D eigenvalue weighted by atomic mass is 10.2. The molecule has 23 heavy (non-hydrogen) atoms. The Morgan fingerprint density at radius 3 is 2.39 bits per heavy atom. The van der Waals surface area contributed by atoms with Gasteiger partial charge in [0.25, 0.3) is 11.6 Å². The van der Waals surface area contributed by atoms with Crippen molar-refractivity contribution in [1.82, 2.24) is 5.32 Å². The predicted molar refractivity (Wildman–Crippen MR) is 72.2 cm³/mol. The number of nitrogens with zero attached hydrogens (tertiary/aromatic N) is 1. The molecule has 0 bridgehead atoms. The van der Waals surface area contributed by atoms with Gasteiger partial charge in [-0.15, -0.1) is 0 Å². The highest BCUT2D eigenvalue weighted by Crippen LogP contribution is 2.13. The molecular formula is C13H11F3N2O5. The number of carbonyl (C=O) groups excluding carboxylic acids is 2. The van der Waals surface area contributed by atoms with E-state index in [1.807, 2.05) is 0 Å². The average molecular weight is 332 g/mol. The fraction of sp³-hybridized carbons (Fsp3) is 0.231. The van der Waals surface area contributed by atoms with Gasteiger partial charge >= 0.3 is 12.1 Å². The summed E-state index contributed by atoms with van der Waals surface area (Å²) in [5.41, 5.74) is 0.347. The predicted octanol–water partition coefficient (Wildman–Crippen LogP) is 1.83. The lowest BCUT2D eigenvalue weighted by molar-refractivity contribution is -0.384. The minimum absolute atomic E-state index is 0.119. The van der Waals surface area contributed by atoms with E-state index >= 15 is 0 Å². The molecule has 0 atom stereocenters. The summed E-state index contributed by atoms with van der Waals surface area (Å²) < 4.78 is 39.9. The van der Waals surface area contributed by atoms with Crippen LogP contribution in [0.1, 0.15) is 5.56 Å². The number of nitro groups is 1. The Hall–Kier alpha value is -2.91. The van der Waals surface area contributed by atoms with E-state index in [0.717, 1.165) is 6.08 Å². The highest BCUT2D eigenvalue weighted by molar-refractivity contribution is 5.89. The van der Waals surface area contributed by atoms with E-state index in [-0.39, 0.29) is 5.69 Å².